The molecule has 5 heteroatoms. The summed E-state index contributed by atoms with van der Waals surface area (Å²) in [7, 11) is 0. The van der Waals surface area contributed by atoms with Gasteiger partial charge in [0.2, 0.25) is 5.91 Å². The van der Waals surface area contributed by atoms with Crippen molar-refractivity contribution in [2.75, 3.05) is 32.7 Å². The number of likely N-dealkylation sites (tertiary alicyclic amines) is 1. The molecule has 0 aromatic heterocycles. The van der Waals surface area contributed by atoms with E-state index in [2.05, 4.69) is 15.5 Å². The van der Waals surface area contributed by atoms with Crippen LogP contribution >= 0.6 is 0 Å². The van der Waals surface area contributed by atoms with Crippen LogP contribution in [0.1, 0.15) is 47.2 Å². The zero-order valence-corrected chi connectivity index (χ0v) is 14.9. The molecule has 0 atom stereocenters. The fourth-order valence-electron chi connectivity index (χ4n) is 3.03. The Morgan fingerprint density at radius 1 is 1.04 bits per heavy atom. The molecule has 5 nitrogen and oxygen atoms in total. The van der Waals surface area contributed by atoms with Crippen molar-refractivity contribution in [2.24, 2.45) is 0 Å². The summed E-state index contributed by atoms with van der Waals surface area (Å²) < 4.78 is 0. The molecular weight excluding hydrogens is 302 g/mol. The van der Waals surface area contributed by atoms with Gasteiger partial charge >= 0.3 is 0 Å². The summed E-state index contributed by atoms with van der Waals surface area (Å²) in [4.78, 5) is 26.5. The van der Waals surface area contributed by atoms with Gasteiger partial charge in [-0.3, -0.25) is 9.59 Å². The van der Waals surface area contributed by atoms with Gasteiger partial charge in [-0.05, 0) is 57.0 Å². The summed E-state index contributed by atoms with van der Waals surface area (Å²) in [5.41, 5.74) is 2.66. The minimum absolute atomic E-state index is 0.0201. The van der Waals surface area contributed by atoms with Crippen LogP contribution in [0.2, 0.25) is 0 Å². The minimum Gasteiger partial charge on any atom is -0.353 e. The van der Waals surface area contributed by atoms with Gasteiger partial charge in [0.1, 0.15) is 0 Å². The van der Waals surface area contributed by atoms with Gasteiger partial charge in [0, 0.05) is 18.7 Å². The predicted molar refractivity (Wildman–Crippen MR) is 96.2 cm³/mol. The van der Waals surface area contributed by atoms with Crippen LogP contribution in [-0.4, -0.2) is 49.4 Å². The smallest absolute Gasteiger partial charge is 0.251 e. The molecule has 1 fully saturated rings. The van der Waals surface area contributed by atoms with Gasteiger partial charge in [-0.25, -0.2) is 0 Å². The molecule has 1 aliphatic heterocycles. The van der Waals surface area contributed by atoms with Crippen LogP contribution in [0.5, 0.6) is 0 Å². The minimum atomic E-state index is -0.195. The first-order chi connectivity index (χ1) is 11.6. The van der Waals surface area contributed by atoms with E-state index in [1.807, 2.05) is 26.0 Å². The average molecular weight is 331 g/mol. The largest absolute Gasteiger partial charge is 0.353 e. The number of hydrogen-bond donors (Lipinski definition) is 2. The Morgan fingerprint density at radius 2 is 1.75 bits per heavy atom. The predicted octanol–water partition coefficient (Wildman–Crippen LogP) is 2.03. The monoisotopic (exact) mass is 331 g/mol. The number of carbonyl (C=O) groups excluding carboxylic acids is 2. The van der Waals surface area contributed by atoms with Gasteiger partial charge in [0.15, 0.2) is 0 Å². The van der Waals surface area contributed by atoms with E-state index in [9.17, 15) is 9.59 Å². The Hall–Kier alpha value is -1.88. The molecule has 24 heavy (non-hydrogen) atoms. The van der Waals surface area contributed by atoms with E-state index in [0.717, 1.165) is 30.8 Å². The molecule has 0 radical (unpaired) electrons. The van der Waals surface area contributed by atoms with Crippen LogP contribution < -0.4 is 10.6 Å². The van der Waals surface area contributed by atoms with E-state index in [0.29, 0.717) is 12.1 Å². The van der Waals surface area contributed by atoms with Crippen LogP contribution in [-0.2, 0) is 4.79 Å². The molecule has 0 spiro atoms. The van der Waals surface area contributed by atoms with Crippen molar-refractivity contribution < 1.29 is 9.59 Å². The summed E-state index contributed by atoms with van der Waals surface area (Å²) in [6.07, 6.45) is 5.13. The average Bonchev–Trinajstić information content (AvgIpc) is 2.84. The van der Waals surface area contributed by atoms with Gasteiger partial charge < -0.3 is 15.5 Å². The maximum absolute atomic E-state index is 12.2. The number of carbonyl (C=O) groups is 2. The van der Waals surface area contributed by atoms with Crippen LogP contribution in [0.4, 0.5) is 0 Å². The highest BCUT2D eigenvalue weighted by Crippen LogP contribution is 2.12. The second-order valence-electron chi connectivity index (χ2n) is 6.54. The lowest BCUT2D eigenvalue weighted by Crippen LogP contribution is -2.40. The first-order valence-electron chi connectivity index (χ1n) is 8.91. The molecule has 1 aromatic rings. The zero-order chi connectivity index (χ0) is 17.4. The van der Waals surface area contributed by atoms with E-state index in [1.165, 1.54) is 25.7 Å². The summed E-state index contributed by atoms with van der Waals surface area (Å²) in [5, 5.41) is 5.59. The Labute approximate surface area is 144 Å². The summed E-state index contributed by atoms with van der Waals surface area (Å²) in [6, 6.07) is 5.62. The number of nitrogens with one attached hydrogen (secondary N) is 2. The van der Waals surface area contributed by atoms with E-state index in [1.54, 1.807) is 6.07 Å². The molecule has 1 saturated heterocycles. The lowest BCUT2D eigenvalue weighted by Gasteiger charge is -2.19. The molecule has 0 aliphatic carbocycles. The molecule has 0 unspecified atom stereocenters. The van der Waals surface area contributed by atoms with Crippen molar-refractivity contribution in [3.05, 3.63) is 34.9 Å². The molecule has 0 bridgehead atoms. The van der Waals surface area contributed by atoms with E-state index >= 15 is 0 Å². The number of rotatable bonds is 6. The summed E-state index contributed by atoms with van der Waals surface area (Å²) in [6.45, 7) is 7.69. The summed E-state index contributed by atoms with van der Waals surface area (Å²) in [5.74, 6) is -0.331. The highest BCUT2D eigenvalue weighted by molar-refractivity contribution is 5.97. The normalized spacial score (nSPS) is 15.6. The lowest BCUT2D eigenvalue weighted by molar-refractivity contribution is -0.120. The molecule has 1 aromatic carbocycles. The molecule has 2 amide bonds. The van der Waals surface area contributed by atoms with Crippen molar-refractivity contribution in [2.45, 2.75) is 39.5 Å². The molecule has 1 aliphatic rings. The highest BCUT2D eigenvalue weighted by Gasteiger charge is 2.12. The Morgan fingerprint density at radius 3 is 2.46 bits per heavy atom. The van der Waals surface area contributed by atoms with Crippen LogP contribution in [0, 0.1) is 13.8 Å². The Bertz CT molecular complexity index is 564. The van der Waals surface area contributed by atoms with Gasteiger partial charge in [-0.15, -0.1) is 0 Å². The van der Waals surface area contributed by atoms with Crippen LogP contribution in [0.15, 0.2) is 18.2 Å². The topological polar surface area (TPSA) is 61.4 Å². The highest BCUT2D eigenvalue weighted by atomic mass is 16.2. The van der Waals surface area contributed by atoms with Gasteiger partial charge in [0.25, 0.3) is 5.91 Å². The molecule has 2 rings (SSSR count). The zero-order valence-electron chi connectivity index (χ0n) is 14.9. The van der Waals surface area contributed by atoms with Gasteiger partial charge in [-0.1, -0.05) is 25.0 Å². The summed E-state index contributed by atoms with van der Waals surface area (Å²) >= 11 is 0. The van der Waals surface area contributed by atoms with E-state index < -0.39 is 0 Å². The van der Waals surface area contributed by atoms with Crippen molar-refractivity contribution in [3.8, 4) is 0 Å². The molecule has 132 valence electrons. The maximum atomic E-state index is 12.2. The third-order valence-electron chi connectivity index (χ3n) is 4.71. The number of nitrogens with zero attached hydrogens (tertiary/aromatic N) is 1. The number of hydrogen-bond acceptors (Lipinski definition) is 3. The molecule has 0 saturated carbocycles. The van der Waals surface area contributed by atoms with E-state index in [-0.39, 0.29) is 18.4 Å². The first-order valence-corrected chi connectivity index (χ1v) is 8.91. The first kappa shape index (κ1) is 18.5. The van der Waals surface area contributed by atoms with Gasteiger partial charge in [-0.2, -0.15) is 0 Å². The molecule has 2 N–H and O–H groups in total. The van der Waals surface area contributed by atoms with Crippen LogP contribution in [0.3, 0.4) is 0 Å². The van der Waals surface area contributed by atoms with E-state index in [4.69, 9.17) is 0 Å². The van der Waals surface area contributed by atoms with Crippen LogP contribution in [0.25, 0.3) is 0 Å². The second kappa shape index (κ2) is 9.42. The quantitative estimate of drug-likeness (QED) is 0.838. The second-order valence-corrected chi connectivity index (χ2v) is 6.54. The third-order valence-corrected chi connectivity index (χ3v) is 4.71. The van der Waals surface area contributed by atoms with Gasteiger partial charge in [0.05, 0.1) is 6.54 Å². The fraction of sp³-hybridized carbons (Fsp3) is 0.579. The maximum Gasteiger partial charge on any atom is 0.251 e. The lowest BCUT2D eigenvalue weighted by atomic mass is 10.0. The Kier molecular flexibility index (Phi) is 7.25. The van der Waals surface area contributed by atoms with Crippen molar-refractivity contribution in [1.29, 1.82) is 0 Å². The van der Waals surface area contributed by atoms with Crippen molar-refractivity contribution in [3.63, 3.8) is 0 Å². The third kappa shape index (κ3) is 5.64. The molecular formula is C19H29N3O2. The fourth-order valence-corrected chi connectivity index (χ4v) is 3.03. The van der Waals surface area contributed by atoms with Crippen molar-refractivity contribution >= 4 is 11.8 Å². The number of benzene rings is 1. The number of amides is 2. The van der Waals surface area contributed by atoms with Crippen molar-refractivity contribution in [1.82, 2.24) is 15.5 Å². The standard InChI is InChI=1S/C19H29N3O2/c1-15-8-7-9-17(16(15)2)19(24)21-14-18(23)20-10-13-22-11-5-3-4-6-12-22/h7-9H,3-6,10-14H2,1-2H3,(H,20,23)(H,21,24). The number of aryl methyl sites for hydroxylation is 1. The SMILES string of the molecule is Cc1cccc(C(=O)NCC(=O)NCCN2CCCCCC2)c1C. The molecule has 1 heterocycles. The Balaban J connectivity index is 1.69.